The Morgan fingerprint density at radius 1 is 1.23 bits per heavy atom. The summed E-state index contributed by atoms with van der Waals surface area (Å²) in [5, 5.41) is 2.48. The zero-order chi connectivity index (χ0) is 21.7. The predicted octanol–water partition coefficient (Wildman–Crippen LogP) is 2.73. The lowest BCUT2D eigenvalue weighted by Crippen LogP contribution is -2.46. The van der Waals surface area contributed by atoms with Crippen LogP contribution >= 0.6 is 0 Å². The van der Waals surface area contributed by atoms with E-state index >= 15 is 0 Å². The maximum absolute atomic E-state index is 12.9. The summed E-state index contributed by atoms with van der Waals surface area (Å²) in [7, 11) is 0. The normalized spacial score (nSPS) is 16.9. The molecular weight excluding hydrogens is 399 g/mol. The Morgan fingerprint density at radius 2 is 2.03 bits per heavy atom. The van der Waals surface area contributed by atoms with Crippen molar-refractivity contribution >= 4 is 11.8 Å². The molecule has 1 atom stereocenters. The highest BCUT2D eigenvalue weighted by molar-refractivity contribution is 5.83. The molecule has 0 saturated carbocycles. The molecule has 9 heteroatoms. The number of nitrogens with zero attached hydrogens (tertiary/aromatic N) is 2. The van der Waals surface area contributed by atoms with E-state index in [-0.39, 0.29) is 18.4 Å². The Balaban J connectivity index is 1.63. The number of carbonyl (C=O) groups is 2. The molecule has 2 heterocycles. The third kappa shape index (κ3) is 5.79. The second-order valence-electron chi connectivity index (χ2n) is 7.08. The highest BCUT2D eigenvalue weighted by atomic mass is 19.4. The van der Waals surface area contributed by atoms with Crippen LogP contribution < -0.4 is 5.32 Å². The largest absolute Gasteiger partial charge is 0.416 e. The van der Waals surface area contributed by atoms with Crippen LogP contribution in [0.5, 0.6) is 0 Å². The summed E-state index contributed by atoms with van der Waals surface area (Å²) in [6, 6.07) is 8.77. The summed E-state index contributed by atoms with van der Waals surface area (Å²) in [6.45, 7) is 2.39. The van der Waals surface area contributed by atoms with Crippen LogP contribution in [0.3, 0.4) is 0 Å². The van der Waals surface area contributed by atoms with E-state index in [0.29, 0.717) is 37.4 Å². The SMILES string of the molecule is CC(=O)NCC(=O)N1CCOC(c2ccc(Cc3cccc(C(F)(F)F)c3)cn2)C1. The number of pyridine rings is 1. The van der Waals surface area contributed by atoms with Gasteiger partial charge in [0.25, 0.3) is 0 Å². The third-order valence-electron chi connectivity index (χ3n) is 4.75. The van der Waals surface area contributed by atoms with Gasteiger partial charge >= 0.3 is 6.18 Å². The fourth-order valence-electron chi connectivity index (χ4n) is 3.19. The molecule has 1 saturated heterocycles. The van der Waals surface area contributed by atoms with Gasteiger partial charge in [0.2, 0.25) is 11.8 Å². The van der Waals surface area contributed by atoms with Crippen LogP contribution in [-0.4, -0.2) is 47.9 Å². The van der Waals surface area contributed by atoms with Gasteiger partial charge in [0, 0.05) is 19.7 Å². The third-order valence-corrected chi connectivity index (χ3v) is 4.75. The zero-order valence-electron chi connectivity index (χ0n) is 16.4. The van der Waals surface area contributed by atoms with Crippen LogP contribution in [0.4, 0.5) is 13.2 Å². The number of morpholine rings is 1. The molecule has 1 aliphatic heterocycles. The summed E-state index contributed by atoms with van der Waals surface area (Å²) < 4.78 is 44.3. The maximum Gasteiger partial charge on any atom is 0.416 e. The van der Waals surface area contributed by atoms with E-state index < -0.39 is 17.8 Å². The molecule has 1 aromatic carbocycles. The van der Waals surface area contributed by atoms with Crippen LogP contribution in [0.1, 0.15) is 35.4 Å². The second-order valence-corrected chi connectivity index (χ2v) is 7.08. The smallest absolute Gasteiger partial charge is 0.368 e. The number of amides is 2. The van der Waals surface area contributed by atoms with Crippen LogP contribution in [0, 0.1) is 0 Å². The van der Waals surface area contributed by atoms with Crippen LogP contribution in [0.2, 0.25) is 0 Å². The van der Waals surface area contributed by atoms with Crippen molar-refractivity contribution in [3.05, 3.63) is 65.0 Å². The van der Waals surface area contributed by atoms with Gasteiger partial charge in [0.05, 0.1) is 31.0 Å². The lowest BCUT2D eigenvalue weighted by atomic mass is 10.0. The number of hydrogen-bond donors (Lipinski definition) is 1. The van der Waals surface area contributed by atoms with E-state index in [0.717, 1.165) is 17.7 Å². The van der Waals surface area contributed by atoms with E-state index in [1.54, 1.807) is 29.3 Å². The quantitative estimate of drug-likeness (QED) is 0.806. The first-order chi connectivity index (χ1) is 14.2. The van der Waals surface area contributed by atoms with Gasteiger partial charge in [0.15, 0.2) is 0 Å². The summed E-state index contributed by atoms with van der Waals surface area (Å²) in [5.41, 5.74) is 1.28. The molecule has 0 radical (unpaired) electrons. The Hall–Kier alpha value is -2.94. The Kier molecular flexibility index (Phi) is 6.71. The molecule has 2 aromatic rings. The van der Waals surface area contributed by atoms with Gasteiger partial charge in [-0.25, -0.2) is 0 Å². The van der Waals surface area contributed by atoms with Gasteiger partial charge in [-0.15, -0.1) is 0 Å². The Labute approximate surface area is 172 Å². The summed E-state index contributed by atoms with van der Waals surface area (Å²) in [5.74, 6) is -0.467. The second kappa shape index (κ2) is 9.25. The van der Waals surface area contributed by atoms with Crippen molar-refractivity contribution in [3.63, 3.8) is 0 Å². The number of aromatic nitrogens is 1. The number of ether oxygens (including phenoxy) is 1. The van der Waals surface area contributed by atoms with Gasteiger partial charge in [0.1, 0.15) is 6.10 Å². The summed E-state index contributed by atoms with van der Waals surface area (Å²) in [6.07, 6.45) is -2.84. The number of rotatable bonds is 5. The van der Waals surface area contributed by atoms with Crippen molar-refractivity contribution in [1.82, 2.24) is 15.2 Å². The van der Waals surface area contributed by atoms with Crippen LogP contribution in [0.25, 0.3) is 0 Å². The van der Waals surface area contributed by atoms with Crippen molar-refractivity contribution in [1.29, 1.82) is 0 Å². The average molecular weight is 421 g/mol. The average Bonchev–Trinajstić information content (AvgIpc) is 2.72. The van der Waals surface area contributed by atoms with Crippen LogP contribution in [-0.2, 0) is 26.9 Å². The van der Waals surface area contributed by atoms with E-state index in [4.69, 9.17) is 4.74 Å². The molecule has 0 aliphatic carbocycles. The molecule has 1 unspecified atom stereocenters. The number of halogens is 3. The number of alkyl halides is 3. The van der Waals surface area contributed by atoms with Gasteiger partial charge in [-0.1, -0.05) is 24.3 Å². The van der Waals surface area contributed by atoms with Crippen molar-refractivity contribution in [2.24, 2.45) is 0 Å². The first-order valence-corrected chi connectivity index (χ1v) is 9.47. The maximum atomic E-state index is 12.9. The molecular formula is C21H22F3N3O3. The summed E-state index contributed by atoms with van der Waals surface area (Å²) >= 11 is 0. The van der Waals surface area contributed by atoms with Crippen molar-refractivity contribution in [2.45, 2.75) is 25.6 Å². The summed E-state index contributed by atoms with van der Waals surface area (Å²) in [4.78, 5) is 29.2. The molecule has 6 nitrogen and oxygen atoms in total. The van der Waals surface area contributed by atoms with Gasteiger partial charge in [-0.2, -0.15) is 13.2 Å². The monoisotopic (exact) mass is 421 g/mol. The molecule has 1 N–H and O–H groups in total. The van der Waals surface area contributed by atoms with Crippen molar-refractivity contribution < 1.29 is 27.5 Å². The highest BCUT2D eigenvalue weighted by Gasteiger charge is 2.30. The molecule has 0 spiro atoms. The molecule has 3 rings (SSSR count). The van der Waals surface area contributed by atoms with Crippen molar-refractivity contribution in [2.75, 3.05) is 26.2 Å². The number of nitrogens with one attached hydrogen (secondary N) is 1. The fourth-order valence-corrected chi connectivity index (χ4v) is 3.19. The van der Waals surface area contributed by atoms with Gasteiger partial charge in [-0.05, 0) is 29.7 Å². The minimum absolute atomic E-state index is 0.0641. The highest BCUT2D eigenvalue weighted by Crippen LogP contribution is 2.30. The first-order valence-electron chi connectivity index (χ1n) is 9.47. The minimum Gasteiger partial charge on any atom is -0.368 e. The molecule has 160 valence electrons. The Morgan fingerprint density at radius 3 is 2.70 bits per heavy atom. The molecule has 1 aromatic heterocycles. The number of carbonyl (C=O) groups excluding carboxylic acids is 2. The fraction of sp³-hybridized carbons (Fsp3) is 0.381. The van der Waals surface area contributed by atoms with E-state index in [2.05, 4.69) is 10.3 Å². The molecule has 1 fully saturated rings. The Bertz CT molecular complexity index is 900. The number of hydrogen-bond acceptors (Lipinski definition) is 4. The van der Waals surface area contributed by atoms with E-state index in [9.17, 15) is 22.8 Å². The minimum atomic E-state index is -4.38. The van der Waals surface area contributed by atoms with Crippen LogP contribution in [0.15, 0.2) is 42.6 Å². The molecule has 30 heavy (non-hydrogen) atoms. The van der Waals surface area contributed by atoms with Gasteiger partial charge in [-0.3, -0.25) is 14.6 Å². The van der Waals surface area contributed by atoms with E-state index in [1.807, 2.05) is 0 Å². The zero-order valence-corrected chi connectivity index (χ0v) is 16.4. The van der Waals surface area contributed by atoms with E-state index in [1.165, 1.54) is 13.0 Å². The first kappa shape index (κ1) is 21.8. The molecule has 0 bridgehead atoms. The predicted molar refractivity (Wildman–Crippen MR) is 102 cm³/mol. The standard InChI is InChI=1S/C21H22F3N3O3/c1-14(28)25-12-20(29)27-7-8-30-19(13-27)18-6-5-16(11-26-18)9-15-3-2-4-17(10-15)21(22,23)24/h2-6,10-11,19H,7-9,12-13H2,1H3,(H,25,28). The van der Waals surface area contributed by atoms with Crippen molar-refractivity contribution in [3.8, 4) is 0 Å². The van der Waals surface area contributed by atoms with Gasteiger partial charge < -0.3 is 15.0 Å². The lowest BCUT2D eigenvalue weighted by Gasteiger charge is -2.32. The topological polar surface area (TPSA) is 71.5 Å². The lowest BCUT2D eigenvalue weighted by molar-refractivity contribution is -0.139. The molecule has 2 amide bonds. The molecule has 1 aliphatic rings. The number of benzene rings is 1.